The second-order valence-corrected chi connectivity index (χ2v) is 8.00. The van der Waals surface area contributed by atoms with Gasteiger partial charge in [-0.25, -0.2) is 4.98 Å². The van der Waals surface area contributed by atoms with Gasteiger partial charge in [0.15, 0.2) is 11.5 Å². The van der Waals surface area contributed by atoms with E-state index in [4.69, 9.17) is 14.2 Å². The zero-order valence-electron chi connectivity index (χ0n) is 20.2. The molecule has 0 saturated carbocycles. The number of benzene rings is 2. The van der Waals surface area contributed by atoms with E-state index in [2.05, 4.69) is 4.98 Å². The maximum Gasteiger partial charge on any atom is 0.246 e. The van der Waals surface area contributed by atoms with E-state index >= 15 is 0 Å². The Morgan fingerprint density at radius 2 is 1.89 bits per heavy atom. The molecule has 0 aliphatic heterocycles. The number of carbonyl (C=O) groups is 1. The zero-order valence-corrected chi connectivity index (χ0v) is 20.2. The first-order valence-corrected chi connectivity index (χ1v) is 11.4. The van der Waals surface area contributed by atoms with Gasteiger partial charge < -0.3 is 23.5 Å². The first-order valence-electron chi connectivity index (χ1n) is 11.4. The Hall–Kier alpha value is -4.26. The van der Waals surface area contributed by atoms with Gasteiger partial charge in [0.05, 0.1) is 19.4 Å². The highest BCUT2D eigenvalue weighted by Crippen LogP contribution is 2.28. The molecular weight excluding hydrogens is 442 g/mol. The van der Waals surface area contributed by atoms with Crippen molar-refractivity contribution in [3.05, 3.63) is 96.0 Å². The molecule has 2 aromatic carbocycles. The van der Waals surface area contributed by atoms with Gasteiger partial charge in [-0.2, -0.15) is 0 Å². The van der Waals surface area contributed by atoms with Crippen LogP contribution in [0.5, 0.6) is 17.2 Å². The largest absolute Gasteiger partial charge is 0.493 e. The van der Waals surface area contributed by atoms with Gasteiger partial charge in [-0.3, -0.25) is 4.79 Å². The molecule has 0 bridgehead atoms. The Bertz CT molecular complexity index is 1280. The number of likely N-dealkylation sites (N-methyl/N-ethyl adjacent to an activating group) is 1. The van der Waals surface area contributed by atoms with Crippen LogP contribution in [0.2, 0.25) is 0 Å². The van der Waals surface area contributed by atoms with Crippen LogP contribution in [-0.2, 0) is 17.9 Å². The first kappa shape index (κ1) is 23.9. The summed E-state index contributed by atoms with van der Waals surface area (Å²) in [5.74, 6) is 2.00. The number of methoxy groups -OCH3 is 1. The van der Waals surface area contributed by atoms with Crippen LogP contribution in [-0.4, -0.2) is 41.0 Å². The second kappa shape index (κ2) is 11.2. The number of amides is 1. The van der Waals surface area contributed by atoms with E-state index in [0.29, 0.717) is 31.3 Å². The van der Waals surface area contributed by atoms with Crippen molar-refractivity contribution in [3.8, 4) is 17.2 Å². The summed E-state index contributed by atoms with van der Waals surface area (Å²) in [6.45, 7) is 3.34. The monoisotopic (exact) mass is 471 g/mol. The molecule has 0 fully saturated rings. The molecule has 180 valence electrons. The maximum absolute atomic E-state index is 12.6. The molecule has 0 atom stereocenters. The third-order valence-corrected chi connectivity index (χ3v) is 5.42. The standard InChI is InChI=1S/C28H29N3O4/c1-4-34-25-14-10-22(17-26(25)33-3)18-30(2)28(32)15-11-21-8-12-24(13-9-21)35-20-23-19-31-16-6-5-7-27(31)29-23/h5-17,19H,4,18,20H2,1-3H3. The van der Waals surface area contributed by atoms with Gasteiger partial charge in [0.25, 0.3) is 0 Å². The lowest BCUT2D eigenvalue weighted by atomic mass is 10.1. The summed E-state index contributed by atoms with van der Waals surface area (Å²) in [7, 11) is 3.38. The highest BCUT2D eigenvalue weighted by atomic mass is 16.5. The van der Waals surface area contributed by atoms with Crippen LogP contribution in [0.1, 0.15) is 23.7 Å². The number of hydrogen-bond donors (Lipinski definition) is 0. The lowest BCUT2D eigenvalue weighted by Gasteiger charge is -2.17. The van der Waals surface area contributed by atoms with Gasteiger partial charge in [0.2, 0.25) is 5.91 Å². The smallest absolute Gasteiger partial charge is 0.246 e. The first-order chi connectivity index (χ1) is 17.1. The number of ether oxygens (including phenoxy) is 3. The van der Waals surface area contributed by atoms with Crippen LogP contribution in [0.15, 0.2) is 79.1 Å². The van der Waals surface area contributed by atoms with E-state index < -0.39 is 0 Å². The summed E-state index contributed by atoms with van der Waals surface area (Å²) in [5.41, 5.74) is 3.62. The number of aromatic nitrogens is 2. The van der Waals surface area contributed by atoms with E-state index in [1.165, 1.54) is 0 Å². The molecule has 0 spiro atoms. The highest BCUT2D eigenvalue weighted by Gasteiger charge is 2.10. The number of hydrogen-bond acceptors (Lipinski definition) is 5. The van der Waals surface area contributed by atoms with Crippen LogP contribution in [0.4, 0.5) is 0 Å². The molecule has 7 nitrogen and oxygen atoms in total. The summed E-state index contributed by atoms with van der Waals surface area (Å²) >= 11 is 0. The normalized spacial score (nSPS) is 11.1. The lowest BCUT2D eigenvalue weighted by molar-refractivity contribution is -0.125. The number of nitrogens with zero attached hydrogens (tertiary/aromatic N) is 3. The van der Waals surface area contributed by atoms with Gasteiger partial charge in [-0.1, -0.05) is 24.3 Å². The SMILES string of the molecule is CCOc1ccc(CN(C)C(=O)C=Cc2ccc(OCc3cn4ccccc4n3)cc2)cc1OC. The van der Waals surface area contributed by atoms with E-state index in [9.17, 15) is 4.79 Å². The van der Waals surface area contributed by atoms with E-state index in [-0.39, 0.29) is 5.91 Å². The van der Waals surface area contributed by atoms with Gasteiger partial charge in [0.1, 0.15) is 18.0 Å². The molecule has 2 aromatic heterocycles. The molecule has 0 N–H and O–H groups in total. The quantitative estimate of drug-likeness (QED) is 0.305. The number of imidazole rings is 1. The minimum atomic E-state index is -0.0926. The van der Waals surface area contributed by atoms with E-state index in [1.54, 1.807) is 31.2 Å². The fourth-order valence-electron chi connectivity index (χ4n) is 3.62. The highest BCUT2D eigenvalue weighted by molar-refractivity contribution is 5.91. The van der Waals surface area contributed by atoms with Crippen molar-refractivity contribution in [2.45, 2.75) is 20.1 Å². The van der Waals surface area contributed by atoms with Crippen molar-refractivity contribution in [3.63, 3.8) is 0 Å². The molecule has 0 unspecified atom stereocenters. The summed E-state index contributed by atoms with van der Waals surface area (Å²) in [5, 5.41) is 0. The summed E-state index contributed by atoms with van der Waals surface area (Å²) in [6.07, 6.45) is 7.28. The van der Waals surface area contributed by atoms with Crippen molar-refractivity contribution in [2.24, 2.45) is 0 Å². The number of pyridine rings is 1. The molecule has 0 aliphatic rings. The molecule has 0 aliphatic carbocycles. The minimum absolute atomic E-state index is 0.0926. The van der Waals surface area contributed by atoms with Crippen LogP contribution in [0.25, 0.3) is 11.7 Å². The zero-order chi connectivity index (χ0) is 24.6. The van der Waals surface area contributed by atoms with Crippen molar-refractivity contribution >= 4 is 17.6 Å². The van der Waals surface area contributed by atoms with E-state index in [0.717, 1.165) is 28.2 Å². The van der Waals surface area contributed by atoms with Crippen molar-refractivity contribution in [2.75, 3.05) is 20.8 Å². The van der Waals surface area contributed by atoms with Crippen molar-refractivity contribution in [1.29, 1.82) is 0 Å². The Labute approximate surface area is 205 Å². The molecule has 2 heterocycles. The topological polar surface area (TPSA) is 65.3 Å². The number of carbonyl (C=O) groups excluding carboxylic acids is 1. The van der Waals surface area contributed by atoms with Crippen molar-refractivity contribution < 1.29 is 19.0 Å². The fourth-order valence-corrected chi connectivity index (χ4v) is 3.62. The fraction of sp³-hybridized carbons (Fsp3) is 0.214. The Balaban J connectivity index is 1.30. The summed E-state index contributed by atoms with van der Waals surface area (Å²) < 4.78 is 18.8. The van der Waals surface area contributed by atoms with Gasteiger partial charge >= 0.3 is 0 Å². The summed E-state index contributed by atoms with van der Waals surface area (Å²) in [4.78, 5) is 18.8. The van der Waals surface area contributed by atoms with Crippen molar-refractivity contribution in [1.82, 2.24) is 14.3 Å². The van der Waals surface area contributed by atoms with Gasteiger partial charge in [-0.05, 0) is 60.5 Å². The van der Waals surface area contributed by atoms with E-state index in [1.807, 2.05) is 84.4 Å². The van der Waals surface area contributed by atoms with Crippen LogP contribution in [0.3, 0.4) is 0 Å². The Morgan fingerprint density at radius 1 is 1.06 bits per heavy atom. The molecular formula is C28H29N3O4. The van der Waals surface area contributed by atoms with Crippen LogP contribution < -0.4 is 14.2 Å². The molecule has 0 radical (unpaired) electrons. The second-order valence-electron chi connectivity index (χ2n) is 8.00. The molecule has 35 heavy (non-hydrogen) atoms. The molecule has 1 amide bonds. The molecule has 7 heteroatoms. The third-order valence-electron chi connectivity index (χ3n) is 5.42. The predicted octanol–water partition coefficient (Wildman–Crippen LogP) is 4.99. The summed E-state index contributed by atoms with van der Waals surface area (Å²) in [6, 6.07) is 19.2. The third kappa shape index (κ3) is 6.20. The maximum atomic E-state index is 12.6. The van der Waals surface area contributed by atoms with Gasteiger partial charge in [-0.15, -0.1) is 0 Å². The average Bonchev–Trinajstić information content (AvgIpc) is 3.30. The lowest BCUT2D eigenvalue weighted by Crippen LogP contribution is -2.24. The van der Waals surface area contributed by atoms with Crippen LogP contribution >= 0.6 is 0 Å². The Kier molecular flexibility index (Phi) is 7.67. The molecule has 0 saturated heterocycles. The number of rotatable bonds is 10. The molecule has 4 aromatic rings. The van der Waals surface area contributed by atoms with Crippen LogP contribution in [0, 0.1) is 0 Å². The predicted molar refractivity (Wildman–Crippen MR) is 136 cm³/mol. The van der Waals surface area contributed by atoms with Gasteiger partial charge in [0, 0.05) is 32.1 Å². The molecule has 4 rings (SSSR count). The average molecular weight is 472 g/mol. The Morgan fingerprint density at radius 3 is 2.63 bits per heavy atom. The minimum Gasteiger partial charge on any atom is -0.493 e. The number of fused-ring (bicyclic) bond motifs is 1.